The number of aliphatic hydroxyl groups excluding tert-OH is 1. The number of aromatic hydroxyl groups is 1. The summed E-state index contributed by atoms with van der Waals surface area (Å²) in [5, 5.41) is 21.3. The van der Waals surface area contributed by atoms with Crippen molar-refractivity contribution in [3.05, 3.63) is 35.3 Å². The molecule has 3 saturated heterocycles. The summed E-state index contributed by atoms with van der Waals surface area (Å²) in [6.07, 6.45) is -7.87. The number of methoxy groups -OCH3 is 1. The normalized spacial score (nSPS) is 37.1. The number of nitrogen functional groups attached to an aromatic ring is 1. The molecule has 0 aromatic carbocycles. The molecule has 24 heteroatoms. The molecular weight excluding hydrogens is 662 g/mol. The van der Waals surface area contributed by atoms with Crippen LogP contribution in [0, 0.1) is 0 Å². The van der Waals surface area contributed by atoms with Crippen LogP contribution >= 0.6 is 15.6 Å². The monoisotopic (exact) mass is 688 g/mol. The van der Waals surface area contributed by atoms with E-state index in [2.05, 4.69) is 24.9 Å². The van der Waals surface area contributed by atoms with Gasteiger partial charge in [0.2, 0.25) is 5.95 Å². The van der Waals surface area contributed by atoms with Crippen molar-refractivity contribution in [2.45, 2.75) is 49.1 Å². The molecule has 3 aliphatic heterocycles. The predicted octanol–water partition coefficient (Wildman–Crippen LogP) is -0.959. The maximum absolute atomic E-state index is 13.3. The first-order valence-electron chi connectivity index (χ1n) is 13.4. The topological polar surface area (TPSA) is 300 Å². The van der Waals surface area contributed by atoms with Gasteiger partial charge in [-0.1, -0.05) is 0 Å². The standard InChI is InChI=1S/C22H26N8O14P2/c1-38-15-10-5-40-45(34,35)43-14-9(41-20(13(14)32)29-6-25-11-8(31)2-3-24-17(11)29)4-39-46(36,37)44-16(15)21(42-10)30-7-26-12-18(30)27-22(23)28-19(12)33/h2-3,6-7,9-10,13-16,20-21,32H,4-5H2,1H3,(H,24,31)(H,34,35)(H,36,37)(H3,23,27,28,33)/t9-,10-,13-,14-,15-,16-,20-,21-/m1/s1. The van der Waals surface area contributed by atoms with Crippen LogP contribution in [0.5, 0.6) is 5.75 Å². The molecule has 4 aromatic heterocycles. The third-order valence-corrected chi connectivity index (χ3v) is 9.59. The second-order valence-electron chi connectivity index (χ2n) is 10.4. The van der Waals surface area contributed by atoms with Gasteiger partial charge in [-0.25, -0.2) is 24.1 Å². The van der Waals surface area contributed by atoms with E-state index < -0.39 is 83.5 Å². The first kappa shape index (κ1) is 31.2. The Labute approximate surface area is 255 Å². The molecule has 3 aliphatic rings. The summed E-state index contributed by atoms with van der Waals surface area (Å²) >= 11 is 0. The Bertz CT molecular complexity index is 1950. The van der Waals surface area contributed by atoms with Gasteiger partial charge in [-0.15, -0.1) is 0 Å². The van der Waals surface area contributed by atoms with E-state index in [1.165, 1.54) is 34.8 Å². The molecule has 248 valence electrons. The third kappa shape index (κ3) is 5.41. The van der Waals surface area contributed by atoms with Gasteiger partial charge in [0.15, 0.2) is 29.3 Å². The number of hydrogen-bond donors (Lipinski definition) is 6. The van der Waals surface area contributed by atoms with E-state index in [0.717, 1.165) is 6.33 Å². The number of H-pyrrole nitrogens is 1. The molecule has 7 rings (SSSR count). The lowest BCUT2D eigenvalue weighted by Crippen LogP contribution is -2.37. The largest absolute Gasteiger partial charge is 0.505 e. The first-order valence-corrected chi connectivity index (χ1v) is 16.4. The van der Waals surface area contributed by atoms with E-state index >= 15 is 0 Å². The van der Waals surface area contributed by atoms with Gasteiger partial charge in [-0.2, -0.15) is 4.98 Å². The number of rotatable bonds is 3. The molecule has 46 heavy (non-hydrogen) atoms. The Hall–Kier alpha value is -3.37. The van der Waals surface area contributed by atoms with Crippen LogP contribution in [0.3, 0.4) is 0 Å². The lowest BCUT2D eigenvalue weighted by atomic mass is 10.1. The third-order valence-electron chi connectivity index (χ3n) is 7.62. The minimum absolute atomic E-state index is 0.0701. The van der Waals surface area contributed by atoms with E-state index in [1.54, 1.807) is 0 Å². The first-order chi connectivity index (χ1) is 21.9. The van der Waals surface area contributed by atoms with Crippen molar-refractivity contribution in [3.8, 4) is 5.75 Å². The molecule has 0 amide bonds. The van der Waals surface area contributed by atoms with E-state index in [9.17, 15) is 33.9 Å². The summed E-state index contributed by atoms with van der Waals surface area (Å²) in [4.78, 5) is 52.4. The number of anilines is 1. The summed E-state index contributed by atoms with van der Waals surface area (Å²) in [5.41, 5.74) is 5.00. The minimum Gasteiger partial charge on any atom is -0.505 e. The zero-order valence-electron chi connectivity index (χ0n) is 23.4. The van der Waals surface area contributed by atoms with Crippen LogP contribution in [0.15, 0.2) is 29.7 Å². The average Bonchev–Trinajstić information content (AvgIpc) is 3.75. The van der Waals surface area contributed by atoms with Crippen molar-refractivity contribution in [2.24, 2.45) is 0 Å². The Kier molecular flexibility index (Phi) is 7.74. The highest BCUT2D eigenvalue weighted by atomic mass is 31.2. The quantitative estimate of drug-likeness (QED) is 0.141. The number of ether oxygens (including phenoxy) is 3. The van der Waals surface area contributed by atoms with Gasteiger partial charge in [-0.3, -0.25) is 37.0 Å². The van der Waals surface area contributed by atoms with Crippen molar-refractivity contribution in [1.82, 2.24) is 34.1 Å². The van der Waals surface area contributed by atoms with Crippen LogP contribution in [-0.2, 0) is 41.4 Å². The van der Waals surface area contributed by atoms with Crippen LogP contribution in [0.2, 0.25) is 0 Å². The molecule has 7 heterocycles. The van der Waals surface area contributed by atoms with Gasteiger partial charge in [-0.05, 0) is 0 Å². The average molecular weight is 688 g/mol. The molecule has 10 atom stereocenters. The zero-order valence-corrected chi connectivity index (χ0v) is 25.2. The number of nitrogens with zero attached hydrogens (tertiary/aromatic N) is 6. The van der Waals surface area contributed by atoms with Gasteiger partial charge in [0.05, 0.1) is 25.9 Å². The van der Waals surface area contributed by atoms with Crippen molar-refractivity contribution in [1.29, 1.82) is 0 Å². The minimum atomic E-state index is -5.06. The highest BCUT2D eigenvalue weighted by molar-refractivity contribution is 7.47. The fraction of sp³-hybridized carbons (Fsp3) is 0.500. The lowest BCUT2D eigenvalue weighted by Gasteiger charge is -2.26. The molecule has 22 nitrogen and oxygen atoms in total. The predicted molar refractivity (Wildman–Crippen MR) is 148 cm³/mol. The highest BCUT2D eigenvalue weighted by Crippen LogP contribution is 2.54. The number of nitrogens with one attached hydrogen (secondary N) is 1. The summed E-state index contributed by atoms with van der Waals surface area (Å²) in [7, 11) is -8.86. The van der Waals surface area contributed by atoms with Gasteiger partial charge >= 0.3 is 15.6 Å². The number of phosphoric ester groups is 2. The van der Waals surface area contributed by atoms with E-state index in [4.69, 9.17) is 38.0 Å². The SMILES string of the molecule is CO[C@H]1[C@H]2OP(=O)(O)OC[C@H]3O[C@@H](n4cnc5c(O)ccnc54)[C@H](O)[C@@H]3OP(=O)(O)OC[C@H]1O[C@H]2n1cnc2c(=O)[nH]c(N)nc21. The van der Waals surface area contributed by atoms with Crippen LogP contribution in [0.1, 0.15) is 12.5 Å². The molecule has 0 saturated carbocycles. The van der Waals surface area contributed by atoms with E-state index in [0.29, 0.717) is 0 Å². The van der Waals surface area contributed by atoms with E-state index in [-0.39, 0.29) is 34.0 Å². The van der Waals surface area contributed by atoms with Crippen LogP contribution in [-0.4, -0.2) is 111 Å². The van der Waals surface area contributed by atoms with Gasteiger partial charge in [0.1, 0.15) is 47.9 Å². The number of phosphoric acid groups is 2. The molecule has 4 aromatic rings. The second kappa shape index (κ2) is 11.4. The maximum Gasteiger partial charge on any atom is 0.472 e. The number of nitrogens with two attached hydrogens (primary N) is 1. The number of fused-ring (bicyclic) bond motifs is 5. The smallest absolute Gasteiger partial charge is 0.472 e. The Morgan fingerprint density at radius 3 is 2.30 bits per heavy atom. The van der Waals surface area contributed by atoms with E-state index in [1.807, 2.05) is 0 Å². The second-order valence-corrected chi connectivity index (χ2v) is 13.2. The molecule has 7 N–H and O–H groups in total. The maximum atomic E-state index is 13.3. The van der Waals surface area contributed by atoms with Crippen LogP contribution in [0.4, 0.5) is 5.95 Å². The van der Waals surface area contributed by atoms with Crippen molar-refractivity contribution in [2.75, 3.05) is 26.1 Å². The molecule has 0 radical (unpaired) electrons. The molecule has 0 spiro atoms. The number of aromatic amines is 1. The zero-order chi connectivity index (χ0) is 32.5. The summed E-state index contributed by atoms with van der Waals surface area (Å²) < 4.78 is 67.6. The molecule has 3 fully saturated rings. The summed E-state index contributed by atoms with van der Waals surface area (Å²) in [5.74, 6) is -0.457. The van der Waals surface area contributed by atoms with Gasteiger partial charge in [0.25, 0.3) is 5.56 Å². The highest BCUT2D eigenvalue weighted by Gasteiger charge is 2.54. The fourth-order valence-electron chi connectivity index (χ4n) is 5.62. The molecular formula is C22H26N8O14P2. The summed E-state index contributed by atoms with van der Waals surface area (Å²) in [6, 6.07) is 1.30. The summed E-state index contributed by atoms with van der Waals surface area (Å²) in [6.45, 7) is -1.49. The fourth-order valence-corrected chi connectivity index (χ4v) is 7.51. The molecule has 2 unspecified atom stereocenters. The van der Waals surface area contributed by atoms with Crippen molar-refractivity contribution >= 4 is 43.9 Å². The Balaban J connectivity index is 1.22. The van der Waals surface area contributed by atoms with Crippen molar-refractivity contribution in [3.63, 3.8) is 0 Å². The van der Waals surface area contributed by atoms with Crippen molar-refractivity contribution < 1.29 is 61.4 Å². The number of imidazole rings is 2. The number of hydrogen-bond acceptors (Lipinski definition) is 17. The number of aliphatic hydroxyl groups is 1. The molecule has 0 aliphatic carbocycles. The van der Waals surface area contributed by atoms with Gasteiger partial charge < -0.3 is 39.9 Å². The van der Waals surface area contributed by atoms with Crippen LogP contribution in [0.25, 0.3) is 22.3 Å². The van der Waals surface area contributed by atoms with Crippen LogP contribution < -0.4 is 11.3 Å². The Morgan fingerprint density at radius 1 is 0.957 bits per heavy atom. The molecule has 2 bridgehead atoms. The Morgan fingerprint density at radius 2 is 1.59 bits per heavy atom. The number of pyridine rings is 1. The lowest BCUT2D eigenvalue weighted by molar-refractivity contribution is -0.0673. The number of aromatic nitrogens is 7. The van der Waals surface area contributed by atoms with Gasteiger partial charge in [0, 0.05) is 19.4 Å².